The van der Waals surface area contributed by atoms with Gasteiger partial charge in [0.1, 0.15) is 5.75 Å². The fourth-order valence-electron chi connectivity index (χ4n) is 5.45. The van der Waals surface area contributed by atoms with Gasteiger partial charge in [0.15, 0.2) is 0 Å². The van der Waals surface area contributed by atoms with Gasteiger partial charge in [-0.15, -0.1) is 11.3 Å². The lowest BCUT2D eigenvalue weighted by atomic mass is 10.1. The lowest BCUT2D eigenvalue weighted by Crippen LogP contribution is -2.56. The molecule has 1 unspecified atom stereocenters. The number of methoxy groups -OCH3 is 1. The zero-order chi connectivity index (χ0) is 29.2. The SMILES string of the molecule is CCc1c(C(=O)N2CCN(C(=O)Nc3cccc4ccccc34)C(C)C2)cnn1-c1nc(-c2ccc(OC)cc2)cs1. The highest BCUT2D eigenvalue weighted by molar-refractivity contribution is 7.12. The number of ether oxygens (including phenoxy) is 1. The van der Waals surface area contributed by atoms with Gasteiger partial charge in [-0.3, -0.25) is 4.79 Å². The van der Waals surface area contributed by atoms with Crippen molar-refractivity contribution in [2.75, 3.05) is 32.1 Å². The van der Waals surface area contributed by atoms with Crippen LogP contribution in [0.15, 0.2) is 78.3 Å². The molecule has 10 heteroatoms. The van der Waals surface area contributed by atoms with Crippen LogP contribution in [0.4, 0.5) is 10.5 Å². The average molecular weight is 581 g/mol. The van der Waals surface area contributed by atoms with Crippen LogP contribution in [-0.2, 0) is 6.42 Å². The summed E-state index contributed by atoms with van der Waals surface area (Å²) >= 11 is 1.48. The van der Waals surface area contributed by atoms with Crippen molar-refractivity contribution in [3.63, 3.8) is 0 Å². The minimum atomic E-state index is -0.163. The zero-order valence-electron chi connectivity index (χ0n) is 23.8. The molecular weight excluding hydrogens is 548 g/mol. The third-order valence-corrected chi connectivity index (χ3v) is 8.52. The highest BCUT2D eigenvalue weighted by Crippen LogP contribution is 2.28. The molecule has 42 heavy (non-hydrogen) atoms. The van der Waals surface area contributed by atoms with E-state index < -0.39 is 0 Å². The van der Waals surface area contributed by atoms with Crippen LogP contribution in [0.5, 0.6) is 5.75 Å². The summed E-state index contributed by atoms with van der Waals surface area (Å²) in [6.07, 6.45) is 2.27. The molecule has 5 aromatic rings. The first-order chi connectivity index (χ1) is 20.5. The van der Waals surface area contributed by atoms with Gasteiger partial charge in [0.25, 0.3) is 5.91 Å². The normalized spacial score (nSPS) is 15.2. The molecule has 0 spiro atoms. The number of hydrogen-bond donors (Lipinski definition) is 1. The first kappa shape index (κ1) is 27.5. The minimum absolute atomic E-state index is 0.0778. The lowest BCUT2D eigenvalue weighted by Gasteiger charge is -2.39. The Hall–Kier alpha value is -4.70. The van der Waals surface area contributed by atoms with Gasteiger partial charge in [-0.05, 0) is 49.1 Å². The number of thiazole rings is 1. The van der Waals surface area contributed by atoms with Gasteiger partial charge in [0, 0.05) is 42.0 Å². The molecule has 214 valence electrons. The predicted molar refractivity (Wildman–Crippen MR) is 166 cm³/mol. The Bertz CT molecular complexity index is 1740. The van der Waals surface area contributed by atoms with Crippen molar-refractivity contribution >= 4 is 39.7 Å². The molecule has 6 rings (SSSR count). The number of benzene rings is 3. The molecule has 0 saturated carbocycles. The van der Waals surface area contributed by atoms with Crippen molar-refractivity contribution < 1.29 is 14.3 Å². The molecule has 3 aromatic carbocycles. The predicted octanol–water partition coefficient (Wildman–Crippen LogP) is 6.10. The second-order valence-corrected chi connectivity index (χ2v) is 11.1. The molecule has 1 fully saturated rings. The van der Waals surface area contributed by atoms with Crippen LogP contribution in [0.25, 0.3) is 27.2 Å². The standard InChI is InChI=1S/C32H32N6O3S/c1-4-29-26(18-33-38(29)32-35-28(20-42-32)23-12-14-24(41-3)15-13-23)30(39)36-16-17-37(21(2)19-36)31(40)34-27-11-7-9-22-8-5-6-10-25(22)27/h5-15,18,20-21H,4,16-17,19H2,1-3H3,(H,34,40). The molecule has 1 atom stereocenters. The second-order valence-electron chi connectivity index (χ2n) is 10.3. The Labute approximate surface area is 248 Å². The van der Waals surface area contributed by atoms with Crippen LogP contribution in [0.3, 0.4) is 0 Å². The second kappa shape index (κ2) is 11.7. The van der Waals surface area contributed by atoms with Crippen LogP contribution in [0.2, 0.25) is 0 Å². The van der Waals surface area contributed by atoms with Gasteiger partial charge < -0.3 is 19.9 Å². The molecule has 3 heterocycles. The van der Waals surface area contributed by atoms with E-state index in [0.29, 0.717) is 36.8 Å². The van der Waals surface area contributed by atoms with Gasteiger partial charge in [-0.1, -0.05) is 43.3 Å². The molecule has 3 amide bonds. The maximum Gasteiger partial charge on any atom is 0.322 e. The molecular formula is C32H32N6O3S. The van der Waals surface area contributed by atoms with E-state index in [1.165, 1.54) is 11.3 Å². The summed E-state index contributed by atoms with van der Waals surface area (Å²) < 4.78 is 7.02. The summed E-state index contributed by atoms with van der Waals surface area (Å²) in [7, 11) is 1.64. The van der Waals surface area contributed by atoms with Crippen LogP contribution in [0.1, 0.15) is 29.9 Å². The van der Waals surface area contributed by atoms with E-state index in [0.717, 1.165) is 39.2 Å². The van der Waals surface area contributed by atoms with Crippen LogP contribution >= 0.6 is 11.3 Å². The van der Waals surface area contributed by atoms with Crippen molar-refractivity contribution in [1.82, 2.24) is 24.6 Å². The highest BCUT2D eigenvalue weighted by atomic mass is 32.1. The molecule has 2 aromatic heterocycles. The van der Waals surface area contributed by atoms with E-state index >= 15 is 0 Å². The number of amides is 3. The molecule has 1 aliphatic rings. The molecule has 9 nitrogen and oxygen atoms in total. The number of fused-ring (bicyclic) bond motifs is 1. The van der Waals surface area contributed by atoms with Crippen LogP contribution in [0, 0.1) is 0 Å². The lowest BCUT2D eigenvalue weighted by molar-refractivity contribution is 0.0591. The number of piperazine rings is 1. The van der Waals surface area contributed by atoms with Crippen molar-refractivity contribution in [2.24, 2.45) is 0 Å². The van der Waals surface area contributed by atoms with Gasteiger partial charge in [0.2, 0.25) is 5.13 Å². The maximum absolute atomic E-state index is 13.7. The van der Waals surface area contributed by atoms with E-state index in [1.54, 1.807) is 22.9 Å². The molecule has 0 aliphatic carbocycles. The van der Waals surface area contributed by atoms with Crippen molar-refractivity contribution in [3.05, 3.63) is 89.6 Å². The van der Waals surface area contributed by atoms with E-state index in [4.69, 9.17) is 9.72 Å². The number of urea groups is 1. The number of carbonyl (C=O) groups excluding carboxylic acids is 2. The van der Waals surface area contributed by atoms with E-state index in [-0.39, 0.29) is 18.0 Å². The summed E-state index contributed by atoms with van der Waals surface area (Å²) in [5.41, 5.74) is 3.99. The summed E-state index contributed by atoms with van der Waals surface area (Å²) in [5, 5.41) is 12.4. The Kier molecular flexibility index (Phi) is 7.62. The summed E-state index contributed by atoms with van der Waals surface area (Å²) in [4.78, 5) is 35.4. The Morgan fingerprint density at radius 1 is 1.05 bits per heavy atom. The van der Waals surface area contributed by atoms with Crippen molar-refractivity contribution in [2.45, 2.75) is 26.3 Å². The smallest absolute Gasteiger partial charge is 0.322 e. The number of rotatable bonds is 6. The summed E-state index contributed by atoms with van der Waals surface area (Å²) in [5.74, 6) is 0.712. The monoisotopic (exact) mass is 580 g/mol. The molecule has 1 saturated heterocycles. The van der Waals surface area contributed by atoms with Gasteiger partial charge >= 0.3 is 6.03 Å². The summed E-state index contributed by atoms with van der Waals surface area (Å²) in [6.45, 7) is 5.31. The van der Waals surface area contributed by atoms with Gasteiger partial charge in [-0.25, -0.2) is 14.5 Å². The first-order valence-corrected chi connectivity index (χ1v) is 14.9. The first-order valence-electron chi connectivity index (χ1n) is 14.0. The zero-order valence-corrected chi connectivity index (χ0v) is 24.6. The van der Waals surface area contributed by atoms with Crippen molar-refractivity contribution in [3.8, 4) is 22.1 Å². The average Bonchev–Trinajstić information content (AvgIpc) is 3.68. The largest absolute Gasteiger partial charge is 0.497 e. The topological polar surface area (TPSA) is 92.6 Å². The Balaban J connectivity index is 1.15. The quantitative estimate of drug-likeness (QED) is 0.262. The van der Waals surface area contributed by atoms with Crippen LogP contribution in [-0.4, -0.2) is 69.3 Å². The third kappa shape index (κ3) is 5.21. The Morgan fingerprint density at radius 2 is 1.83 bits per heavy atom. The van der Waals surface area contributed by atoms with Gasteiger partial charge in [0.05, 0.1) is 35.9 Å². The molecule has 0 bridgehead atoms. The number of nitrogens with one attached hydrogen (secondary N) is 1. The van der Waals surface area contributed by atoms with E-state index in [9.17, 15) is 9.59 Å². The minimum Gasteiger partial charge on any atom is -0.497 e. The number of hydrogen-bond acceptors (Lipinski definition) is 6. The fourth-order valence-corrected chi connectivity index (χ4v) is 6.26. The molecule has 1 N–H and O–H groups in total. The highest BCUT2D eigenvalue weighted by Gasteiger charge is 2.32. The maximum atomic E-state index is 13.7. The van der Waals surface area contributed by atoms with E-state index in [2.05, 4.69) is 10.4 Å². The number of anilines is 1. The number of nitrogens with zero attached hydrogens (tertiary/aromatic N) is 5. The van der Waals surface area contributed by atoms with E-state index in [1.807, 2.05) is 90.9 Å². The van der Waals surface area contributed by atoms with Crippen molar-refractivity contribution in [1.29, 1.82) is 0 Å². The summed E-state index contributed by atoms with van der Waals surface area (Å²) in [6, 6.07) is 21.3. The molecule has 1 aliphatic heterocycles. The number of aromatic nitrogens is 3. The van der Waals surface area contributed by atoms with Crippen LogP contribution < -0.4 is 10.1 Å². The Morgan fingerprint density at radius 3 is 2.60 bits per heavy atom. The molecule has 0 radical (unpaired) electrons. The van der Waals surface area contributed by atoms with Gasteiger partial charge in [-0.2, -0.15) is 5.10 Å². The third-order valence-electron chi connectivity index (χ3n) is 7.70. The fraction of sp³-hybridized carbons (Fsp3) is 0.250. The number of carbonyl (C=O) groups is 2.